The summed E-state index contributed by atoms with van der Waals surface area (Å²) < 4.78 is 0. The van der Waals surface area contributed by atoms with E-state index in [0.717, 1.165) is 47.0 Å². The summed E-state index contributed by atoms with van der Waals surface area (Å²) in [6.45, 7) is 4.11. The molecular weight excluding hydrogens is 420 g/mol. The lowest BCUT2D eigenvalue weighted by molar-refractivity contribution is 0.102. The highest BCUT2D eigenvalue weighted by Crippen LogP contribution is 2.31. The van der Waals surface area contributed by atoms with E-state index in [4.69, 9.17) is 11.6 Å². The van der Waals surface area contributed by atoms with Crippen LogP contribution >= 0.6 is 11.6 Å². The molecule has 5 nitrogen and oxygen atoms in total. The number of rotatable bonds is 4. The van der Waals surface area contributed by atoms with Crippen LogP contribution < -0.4 is 10.2 Å². The summed E-state index contributed by atoms with van der Waals surface area (Å²) in [5.74, 6) is 0.608. The number of aliphatic imine (C=N–C) groups is 1. The lowest BCUT2D eigenvalue weighted by Crippen LogP contribution is -2.29. The molecule has 1 saturated heterocycles. The van der Waals surface area contributed by atoms with Gasteiger partial charge in [0.2, 0.25) is 0 Å². The minimum absolute atomic E-state index is 0.133. The van der Waals surface area contributed by atoms with Crippen LogP contribution in [0.5, 0.6) is 0 Å². The zero-order chi connectivity index (χ0) is 22.1. The number of pyridine rings is 1. The van der Waals surface area contributed by atoms with Gasteiger partial charge in [-0.3, -0.25) is 4.79 Å². The number of hydrogen-bond acceptors (Lipinski definition) is 4. The van der Waals surface area contributed by atoms with E-state index in [1.54, 1.807) is 6.07 Å². The zero-order valence-corrected chi connectivity index (χ0v) is 18.8. The Bertz CT molecular complexity index is 1210. The van der Waals surface area contributed by atoms with E-state index < -0.39 is 0 Å². The Balaban J connectivity index is 1.35. The van der Waals surface area contributed by atoms with Crippen LogP contribution in [0.2, 0.25) is 5.02 Å². The number of anilines is 2. The fourth-order valence-corrected chi connectivity index (χ4v) is 4.61. The first-order chi connectivity index (χ1) is 15.6. The highest BCUT2D eigenvalue weighted by atomic mass is 35.5. The summed E-state index contributed by atoms with van der Waals surface area (Å²) in [6, 6.07) is 15.5. The Morgan fingerprint density at radius 2 is 1.91 bits per heavy atom. The van der Waals surface area contributed by atoms with E-state index in [-0.39, 0.29) is 5.91 Å². The maximum absolute atomic E-state index is 13.0. The summed E-state index contributed by atoms with van der Waals surface area (Å²) in [5.41, 5.74) is 6.35. The van der Waals surface area contributed by atoms with Crippen LogP contribution in [0.1, 0.15) is 46.3 Å². The Kier molecular flexibility index (Phi) is 5.66. The molecule has 2 aromatic carbocycles. The number of amides is 1. The number of benzene rings is 2. The van der Waals surface area contributed by atoms with Crippen molar-refractivity contribution in [1.29, 1.82) is 0 Å². The van der Waals surface area contributed by atoms with Crippen molar-refractivity contribution < 1.29 is 4.79 Å². The predicted octanol–water partition coefficient (Wildman–Crippen LogP) is 5.96. The molecule has 2 aliphatic rings. The van der Waals surface area contributed by atoms with Crippen molar-refractivity contribution in [2.45, 2.75) is 32.6 Å². The van der Waals surface area contributed by atoms with Gasteiger partial charge in [-0.15, -0.1) is 0 Å². The number of carbonyl (C=O) groups excluding carboxylic acids is 1. The van der Waals surface area contributed by atoms with E-state index in [2.05, 4.69) is 32.3 Å². The fourth-order valence-electron chi connectivity index (χ4n) is 4.38. The molecule has 0 aliphatic carbocycles. The molecule has 0 spiro atoms. The molecule has 1 fully saturated rings. The molecule has 162 valence electrons. The molecule has 1 aromatic heterocycles. The molecule has 1 N–H and O–H groups in total. The summed E-state index contributed by atoms with van der Waals surface area (Å²) in [4.78, 5) is 24.4. The van der Waals surface area contributed by atoms with E-state index in [9.17, 15) is 4.79 Å². The molecule has 1 amide bonds. The first kappa shape index (κ1) is 20.7. The second kappa shape index (κ2) is 8.75. The van der Waals surface area contributed by atoms with Gasteiger partial charge < -0.3 is 10.2 Å². The normalized spacial score (nSPS) is 15.3. The number of aryl methyl sites for hydroxylation is 1. The van der Waals surface area contributed by atoms with Crippen LogP contribution in [-0.2, 0) is 6.42 Å². The number of carbonyl (C=O) groups is 1. The number of halogens is 1. The molecule has 6 heteroatoms. The molecule has 0 bridgehead atoms. The van der Waals surface area contributed by atoms with Gasteiger partial charge in [-0.25, -0.2) is 9.98 Å². The molecule has 2 aliphatic heterocycles. The van der Waals surface area contributed by atoms with Crippen LogP contribution in [0.4, 0.5) is 17.2 Å². The minimum atomic E-state index is -0.133. The van der Waals surface area contributed by atoms with E-state index in [0.29, 0.717) is 22.7 Å². The molecule has 3 aromatic rings. The van der Waals surface area contributed by atoms with Crippen LogP contribution in [0, 0.1) is 6.92 Å². The van der Waals surface area contributed by atoms with Crippen molar-refractivity contribution in [3.8, 4) is 0 Å². The molecule has 0 unspecified atom stereocenters. The number of nitrogens with zero attached hydrogens (tertiary/aromatic N) is 3. The van der Waals surface area contributed by atoms with Crippen LogP contribution in [-0.4, -0.2) is 29.7 Å². The molecule has 3 heterocycles. The largest absolute Gasteiger partial charge is 0.372 e. The lowest BCUT2D eigenvalue weighted by Gasteiger charge is -2.29. The van der Waals surface area contributed by atoms with Crippen molar-refractivity contribution in [3.63, 3.8) is 0 Å². The van der Waals surface area contributed by atoms with Gasteiger partial charge in [-0.2, -0.15) is 0 Å². The summed E-state index contributed by atoms with van der Waals surface area (Å²) in [6.07, 6.45) is 6.18. The van der Waals surface area contributed by atoms with Crippen LogP contribution in [0.25, 0.3) is 0 Å². The average molecular weight is 445 g/mol. The third-order valence-electron chi connectivity index (χ3n) is 6.04. The lowest BCUT2D eigenvalue weighted by atomic mass is 10.0. The van der Waals surface area contributed by atoms with Gasteiger partial charge in [0.15, 0.2) is 5.82 Å². The summed E-state index contributed by atoms with van der Waals surface area (Å²) in [5, 5.41) is 3.63. The Hall–Kier alpha value is -3.18. The number of fused-ring (bicyclic) bond motifs is 1. The van der Waals surface area contributed by atoms with Gasteiger partial charge in [0.25, 0.3) is 5.91 Å². The van der Waals surface area contributed by atoms with Crippen molar-refractivity contribution in [1.82, 2.24) is 4.98 Å². The summed E-state index contributed by atoms with van der Waals surface area (Å²) >= 11 is 6.49. The van der Waals surface area contributed by atoms with Crippen molar-refractivity contribution in [2.24, 2.45) is 4.99 Å². The quantitative estimate of drug-likeness (QED) is 0.539. The van der Waals surface area contributed by atoms with E-state index in [1.165, 1.54) is 19.3 Å². The van der Waals surface area contributed by atoms with Gasteiger partial charge in [0.1, 0.15) is 0 Å². The molecule has 5 rings (SSSR count). The van der Waals surface area contributed by atoms with E-state index >= 15 is 0 Å². The molecule has 0 radical (unpaired) electrons. The number of aromatic nitrogens is 1. The van der Waals surface area contributed by atoms with Crippen LogP contribution in [0.3, 0.4) is 0 Å². The third kappa shape index (κ3) is 4.26. The van der Waals surface area contributed by atoms with Crippen molar-refractivity contribution in [2.75, 3.05) is 23.3 Å². The standard InChI is InChI=1S/C26H25ClN4O/c1-17-12-19-14-24(30-25(19)28-16-17)22-15-20(8-9-23(22)27)29-26(32)18-6-5-7-21(13-18)31-10-3-2-4-11-31/h5-9,12-13,15-16H,2-4,10-11,14H2,1H3,(H,29,32). The zero-order valence-electron chi connectivity index (χ0n) is 18.1. The Labute approximate surface area is 193 Å². The topological polar surface area (TPSA) is 57.6 Å². The summed E-state index contributed by atoms with van der Waals surface area (Å²) in [7, 11) is 0. The van der Waals surface area contributed by atoms with Gasteiger partial charge in [0.05, 0.1) is 5.71 Å². The molecule has 0 saturated carbocycles. The van der Waals surface area contributed by atoms with Crippen molar-refractivity contribution >= 4 is 40.4 Å². The third-order valence-corrected chi connectivity index (χ3v) is 6.37. The maximum Gasteiger partial charge on any atom is 0.255 e. The van der Waals surface area contributed by atoms with Crippen molar-refractivity contribution in [3.05, 3.63) is 82.0 Å². The Morgan fingerprint density at radius 3 is 2.75 bits per heavy atom. The predicted molar refractivity (Wildman–Crippen MR) is 131 cm³/mol. The Morgan fingerprint density at radius 1 is 1.06 bits per heavy atom. The first-order valence-corrected chi connectivity index (χ1v) is 11.4. The molecule has 32 heavy (non-hydrogen) atoms. The van der Waals surface area contributed by atoms with E-state index in [1.807, 2.05) is 43.5 Å². The minimum Gasteiger partial charge on any atom is -0.372 e. The van der Waals surface area contributed by atoms with Gasteiger partial charge in [0, 0.05) is 58.8 Å². The number of piperidine rings is 1. The molecule has 0 atom stereocenters. The second-order valence-electron chi connectivity index (χ2n) is 8.48. The van der Waals surface area contributed by atoms with Gasteiger partial charge in [-0.1, -0.05) is 23.7 Å². The number of hydrogen-bond donors (Lipinski definition) is 1. The highest BCUT2D eigenvalue weighted by molar-refractivity contribution is 6.34. The number of nitrogens with one attached hydrogen (secondary N) is 1. The SMILES string of the molecule is Cc1cnc2c(c1)CC(c1cc(NC(=O)c3cccc(N4CCCCC4)c3)ccc1Cl)=N2. The fraction of sp³-hybridized carbons (Fsp3) is 0.269. The maximum atomic E-state index is 13.0. The smallest absolute Gasteiger partial charge is 0.255 e. The highest BCUT2D eigenvalue weighted by Gasteiger charge is 2.20. The average Bonchev–Trinajstić information content (AvgIpc) is 3.24. The van der Waals surface area contributed by atoms with Crippen LogP contribution in [0.15, 0.2) is 59.7 Å². The second-order valence-corrected chi connectivity index (χ2v) is 8.88. The monoisotopic (exact) mass is 444 g/mol. The van der Waals surface area contributed by atoms with Gasteiger partial charge >= 0.3 is 0 Å². The first-order valence-electron chi connectivity index (χ1n) is 11.1. The van der Waals surface area contributed by atoms with Gasteiger partial charge in [-0.05, 0) is 68.1 Å². The molecular formula is C26H25ClN4O.